The van der Waals surface area contributed by atoms with Crippen molar-refractivity contribution < 1.29 is 14.2 Å². The van der Waals surface area contributed by atoms with Crippen LogP contribution in [0.1, 0.15) is 46.0 Å². The molecule has 0 aromatic rings. The molecular formula is C16H33NO3. The van der Waals surface area contributed by atoms with Crippen LogP contribution in [-0.2, 0) is 14.2 Å². The van der Waals surface area contributed by atoms with Crippen LogP contribution < -0.4 is 5.73 Å². The van der Waals surface area contributed by atoms with Crippen molar-refractivity contribution in [2.75, 3.05) is 40.1 Å². The Balaban J connectivity index is 2.01. The average molecular weight is 287 g/mol. The summed E-state index contributed by atoms with van der Waals surface area (Å²) in [5.41, 5.74) is 6.48. The Morgan fingerprint density at radius 3 is 2.10 bits per heavy atom. The van der Waals surface area contributed by atoms with Gasteiger partial charge in [-0.1, -0.05) is 13.8 Å². The second-order valence-corrected chi connectivity index (χ2v) is 6.41. The molecule has 0 aliphatic heterocycles. The van der Waals surface area contributed by atoms with Crippen molar-refractivity contribution in [3.63, 3.8) is 0 Å². The normalized spacial score (nSPS) is 27.1. The van der Waals surface area contributed by atoms with Crippen molar-refractivity contribution in [2.24, 2.45) is 17.6 Å². The summed E-state index contributed by atoms with van der Waals surface area (Å²) in [6.45, 7) is 7.95. The number of hydrogen-bond acceptors (Lipinski definition) is 4. The van der Waals surface area contributed by atoms with Gasteiger partial charge in [0.1, 0.15) is 0 Å². The first-order valence-electron chi connectivity index (χ1n) is 8.01. The Labute approximate surface area is 124 Å². The predicted molar refractivity (Wildman–Crippen MR) is 81.8 cm³/mol. The van der Waals surface area contributed by atoms with Crippen molar-refractivity contribution in [1.29, 1.82) is 0 Å². The highest BCUT2D eigenvalue weighted by molar-refractivity contribution is 4.90. The van der Waals surface area contributed by atoms with Gasteiger partial charge in [-0.2, -0.15) is 0 Å². The molecule has 0 heterocycles. The summed E-state index contributed by atoms with van der Waals surface area (Å²) in [7, 11) is 1.68. The molecule has 4 heteroatoms. The molecule has 4 nitrogen and oxygen atoms in total. The van der Waals surface area contributed by atoms with E-state index in [2.05, 4.69) is 13.8 Å². The topological polar surface area (TPSA) is 53.7 Å². The molecule has 1 aliphatic rings. The lowest BCUT2D eigenvalue weighted by Gasteiger charge is -2.38. The molecule has 0 unspecified atom stereocenters. The van der Waals surface area contributed by atoms with Crippen molar-refractivity contribution in [3.05, 3.63) is 0 Å². The van der Waals surface area contributed by atoms with E-state index in [4.69, 9.17) is 19.9 Å². The number of hydrogen-bond donors (Lipinski definition) is 1. The van der Waals surface area contributed by atoms with Gasteiger partial charge in [0.25, 0.3) is 0 Å². The Morgan fingerprint density at radius 2 is 1.55 bits per heavy atom. The van der Waals surface area contributed by atoms with Crippen LogP contribution in [0.5, 0.6) is 0 Å². The minimum Gasteiger partial charge on any atom is -0.382 e. The molecule has 0 radical (unpaired) electrons. The quantitative estimate of drug-likeness (QED) is 0.628. The Morgan fingerprint density at radius 1 is 1.00 bits per heavy atom. The molecule has 0 atom stereocenters. The predicted octanol–water partition coefficient (Wildman–Crippen LogP) is 2.60. The maximum absolute atomic E-state index is 6.47. The first-order valence-corrected chi connectivity index (χ1v) is 8.01. The fourth-order valence-electron chi connectivity index (χ4n) is 2.87. The Hall–Kier alpha value is -0.160. The Kier molecular flexibility index (Phi) is 8.69. The van der Waals surface area contributed by atoms with Crippen LogP contribution in [0.4, 0.5) is 0 Å². The Bertz CT molecular complexity index is 238. The third-order valence-electron chi connectivity index (χ3n) is 4.52. The van der Waals surface area contributed by atoms with Gasteiger partial charge in [-0.05, 0) is 43.9 Å². The molecule has 1 rings (SSSR count). The lowest BCUT2D eigenvalue weighted by atomic mass is 9.72. The molecule has 1 aliphatic carbocycles. The first-order chi connectivity index (χ1) is 9.57. The van der Waals surface area contributed by atoms with Crippen molar-refractivity contribution >= 4 is 0 Å². The smallest absolute Gasteiger partial charge is 0.0701 e. The molecule has 0 spiro atoms. The van der Waals surface area contributed by atoms with E-state index in [1.807, 2.05) is 0 Å². The summed E-state index contributed by atoms with van der Waals surface area (Å²) >= 11 is 0. The lowest BCUT2D eigenvalue weighted by molar-refractivity contribution is 0.0183. The highest BCUT2D eigenvalue weighted by atomic mass is 16.5. The summed E-state index contributed by atoms with van der Waals surface area (Å²) in [5, 5.41) is 0. The summed E-state index contributed by atoms with van der Waals surface area (Å²) in [6.07, 6.45) is 5.80. The fraction of sp³-hybridized carbons (Fsp3) is 1.00. The van der Waals surface area contributed by atoms with Crippen LogP contribution in [-0.4, -0.2) is 45.7 Å². The molecule has 1 fully saturated rings. The molecule has 2 N–H and O–H groups in total. The monoisotopic (exact) mass is 287 g/mol. The van der Waals surface area contributed by atoms with E-state index in [0.717, 1.165) is 37.7 Å². The molecule has 0 bridgehead atoms. The summed E-state index contributed by atoms with van der Waals surface area (Å²) in [5.74, 6) is 1.65. The van der Waals surface area contributed by atoms with Gasteiger partial charge in [0.2, 0.25) is 0 Å². The third-order valence-corrected chi connectivity index (χ3v) is 4.52. The van der Waals surface area contributed by atoms with E-state index in [9.17, 15) is 0 Å². The van der Waals surface area contributed by atoms with Gasteiger partial charge in [0.05, 0.1) is 26.4 Å². The van der Waals surface area contributed by atoms with Crippen LogP contribution in [0, 0.1) is 11.8 Å². The van der Waals surface area contributed by atoms with Gasteiger partial charge >= 0.3 is 0 Å². The molecule has 1 saturated carbocycles. The van der Waals surface area contributed by atoms with E-state index in [1.54, 1.807) is 7.11 Å². The maximum atomic E-state index is 6.47. The molecule has 120 valence electrons. The van der Waals surface area contributed by atoms with Gasteiger partial charge < -0.3 is 19.9 Å². The maximum Gasteiger partial charge on any atom is 0.0701 e. The van der Waals surface area contributed by atoms with Crippen LogP contribution in [0.2, 0.25) is 0 Å². The summed E-state index contributed by atoms with van der Waals surface area (Å²) in [6, 6.07) is 0. The van der Waals surface area contributed by atoms with Gasteiger partial charge in [-0.25, -0.2) is 0 Å². The van der Waals surface area contributed by atoms with Crippen LogP contribution in [0.3, 0.4) is 0 Å². The van der Waals surface area contributed by atoms with E-state index in [0.29, 0.717) is 26.4 Å². The van der Waals surface area contributed by atoms with Crippen molar-refractivity contribution in [2.45, 2.75) is 51.5 Å². The summed E-state index contributed by atoms with van der Waals surface area (Å²) < 4.78 is 15.9. The standard InChI is InChI=1S/C16H33NO3/c1-14(2)15-4-6-16(17,7-5-15)8-9-19-12-13-20-11-10-18-3/h14-15H,4-13,17H2,1-3H3. The zero-order valence-electron chi connectivity index (χ0n) is 13.5. The second kappa shape index (κ2) is 9.72. The minimum absolute atomic E-state index is 0.00228. The summed E-state index contributed by atoms with van der Waals surface area (Å²) in [4.78, 5) is 0. The van der Waals surface area contributed by atoms with E-state index >= 15 is 0 Å². The third kappa shape index (κ3) is 7.02. The number of rotatable bonds is 10. The van der Waals surface area contributed by atoms with Crippen molar-refractivity contribution in [1.82, 2.24) is 0 Å². The molecule has 0 saturated heterocycles. The fourth-order valence-corrected chi connectivity index (χ4v) is 2.87. The largest absolute Gasteiger partial charge is 0.382 e. The molecule has 0 aromatic heterocycles. The highest BCUT2D eigenvalue weighted by Gasteiger charge is 2.32. The molecule has 0 amide bonds. The van der Waals surface area contributed by atoms with Crippen LogP contribution >= 0.6 is 0 Å². The van der Waals surface area contributed by atoms with E-state index in [-0.39, 0.29) is 5.54 Å². The highest BCUT2D eigenvalue weighted by Crippen LogP contribution is 2.36. The number of methoxy groups -OCH3 is 1. The lowest BCUT2D eigenvalue weighted by Crippen LogP contribution is -2.44. The van der Waals surface area contributed by atoms with E-state index < -0.39 is 0 Å². The first kappa shape index (κ1) is 17.9. The van der Waals surface area contributed by atoms with Gasteiger partial charge in [0.15, 0.2) is 0 Å². The van der Waals surface area contributed by atoms with Crippen LogP contribution in [0.15, 0.2) is 0 Å². The molecule has 0 aromatic carbocycles. The van der Waals surface area contributed by atoms with Gasteiger partial charge in [-0.3, -0.25) is 0 Å². The average Bonchev–Trinajstić information content (AvgIpc) is 2.42. The minimum atomic E-state index is 0.00228. The van der Waals surface area contributed by atoms with E-state index in [1.165, 1.54) is 12.8 Å². The van der Waals surface area contributed by atoms with Gasteiger partial charge in [0, 0.05) is 19.3 Å². The second-order valence-electron chi connectivity index (χ2n) is 6.41. The van der Waals surface area contributed by atoms with Crippen molar-refractivity contribution in [3.8, 4) is 0 Å². The number of ether oxygens (including phenoxy) is 3. The zero-order chi connectivity index (χ0) is 14.8. The van der Waals surface area contributed by atoms with Crippen LogP contribution in [0.25, 0.3) is 0 Å². The SMILES string of the molecule is COCCOCCOCCC1(N)CCC(C(C)C)CC1. The van der Waals surface area contributed by atoms with Gasteiger partial charge in [-0.15, -0.1) is 0 Å². The molecular weight excluding hydrogens is 254 g/mol. The zero-order valence-corrected chi connectivity index (χ0v) is 13.5. The molecule has 20 heavy (non-hydrogen) atoms. The number of nitrogens with two attached hydrogens (primary N) is 1.